The normalized spacial score (nSPS) is 25.3. The van der Waals surface area contributed by atoms with Crippen LogP contribution in [0.2, 0.25) is 0 Å². The zero-order valence-electron chi connectivity index (χ0n) is 15.3. The molecule has 0 saturated heterocycles. The minimum absolute atomic E-state index is 0.0566. The van der Waals surface area contributed by atoms with Crippen LogP contribution in [0, 0.1) is 23.7 Å². The molecule has 1 aromatic carbocycles. The van der Waals surface area contributed by atoms with Crippen molar-refractivity contribution < 1.29 is 14.3 Å². The number of carbonyl (C=O) groups excluding carboxylic acids is 2. The Kier molecular flexibility index (Phi) is 6.59. The minimum Gasteiger partial charge on any atom is -0.462 e. The van der Waals surface area contributed by atoms with Gasteiger partial charge in [-0.25, -0.2) is 0 Å². The molecule has 0 heterocycles. The largest absolute Gasteiger partial charge is 0.462 e. The van der Waals surface area contributed by atoms with Gasteiger partial charge in [0.15, 0.2) is 5.78 Å². The molecular weight excluding hydrogens is 300 g/mol. The van der Waals surface area contributed by atoms with Gasteiger partial charge in [-0.2, -0.15) is 0 Å². The van der Waals surface area contributed by atoms with Crippen LogP contribution in [0.15, 0.2) is 30.3 Å². The standard InChI is InChI=1S/C21H30O3/c1-5-17(20(22)16-9-7-6-8-10-16)21(23)24-19-13-15(4)11-12-18(19)14(2)3/h6-10,14-15,17-19H,5,11-13H2,1-4H3/t15-,17-,18-,19+/m1/s1. The number of hydrogen-bond acceptors (Lipinski definition) is 3. The number of Topliss-reactive ketones (excluding diaryl/α,β-unsaturated/α-hetero) is 1. The summed E-state index contributed by atoms with van der Waals surface area (Å²) in [6.45, 7) is 8.46. The summed E-state index contributed by atoms with van der Waals surface area (Å²) in [5.74, 6) is 0.277. The molecule has 0 unspecified atom stereocenters. The molecule has 24 heavy (non-hydrogen) atoms. The highest BCUT2D eigenvalue weighted by atomic mass is 16.5. The van der Waals surface area contributed by atoms with Gasteiger partial charge >= 0.3 is 5.97 Å². The minimum atomic E-state index is -0.697. The van der Waals surface area contributed by atoms with Gasteiger partial charge in [-0.05, 0) is 37.0 Å². The SMILES string of the molecule is CC[C@@H](C(=O)O[C@H]1C[C@H](C)CC[C@@H]1C(C)C)C(=O)c1ccccc1. The lowest BCUT2D eigenvalue weighted by molar-refractivity contribution is -0.159. The van der Waals surface area contributed by atoms with Crippen LogP contribution in [0.25, 0.3) is 0 Å². The third-order valence-electron chi connectivity index (χ3n) is 5.30. The third-order valence-corrected chi connectivity index (χ3v) is 5.30. The molecule has 3 heteroatoms. The summed E-state index contributed by atoms with van der Waals surface area (Å²) in [7, 11) is 0. The maximum atomic E-state index is 12.7. The van der Waals surface area contributed by atoms with Crippen LogP contribution in [-0.4, -0.2) is 17.9 Å². The third kappa shape index (κ3) is 4.46. The van der Waals surface area contributed by atoms with Gasteiger partial charge in [0.2, 0.25) is 0 Å². The summed E-state index contributed by atoms with van der Waals surface area (Å²) in [5, 5.41) is 0. The maximum absolute atomic E-state index is 12.7. The number of rotatable bonds is 6. The van der Waals surface area contributed by atoms with Gasteiger partial charge in [-0.1, -0.05) is 64.4 Å². The van der Waals surface area contributed by atoms with Crippen molar-refractivity contribution in [2.75, 3.05) is 0 Å². The van der Waals surface area contributed by atoms with E-state index in [9.17, 15) is 9.59 Å². The topological polar surface area (TPSA) is 43.4 Å². The van der Waals surface area contributed by atoms with Crippen LogP contribution in [0.4, 0.5) is 0 Å². The zero-order chi connectivity index (χ0) is 17.7. The lowest BCUT2D eigenvalue weighted by Crippen LogP contribution is -2.38. The fraction of sp³-hybridized carbons (Fsp3) is 0.619. The Bertz CT molecular complexity index is 549. The number of benzene rings is 1. The Hall–Kier alpha value is -1.64. The molecule has 1 saturated carbocycles. The summed E-state index contributed by atoms with van der Waals surface area (Å²) in [4.78, 5) is 25.3. The second-order valence-electron chi connectivity index (χ2n) is 7.49. The molecular formula is C21H30O3. The summed E-state index contributed by atoms with van der Waals surface area (Å²) in [5.41, 5.74) is 0.582. The summed E-state index contributed by atoms with van der Waals surface area (Å²) >= 11 is 0. The van der Waals surface area contributed by atoms with E-state index in [0.717, 1.165) is 12.8 Å². The van der Waals surface area contributed by atoms with Crippen molar-refractivity contribution in [1.29, 1.82) is 0 Å². The molecule has 0 spiro atoms. The lowest BCUT2D eigenvalue weighted by atomic mass is 9.75. The molecule has 4 atom stereocenters. The van der Waals surface area contributed by atoms with Crippen molar-refractivity contribution in [3.05, 3.63) is 35.9 Å². The molecule has 1 aliphatic rings. The van der Waals surface area contributed by atoms with E-state index in [4.69, 9.17) is 4.74 Å². The van der Waals surface area contributed by atoms with Gasteiger partial charge in [0.1, 0.15) is 12.0 Å². The Morgan fingerprint density at radius 1 is 1.17 bits per heavy atom. The molecule has 0 bridgehead atoms. The summed E-state index contributed by atoms with van der Waals surface area (Å²) < 4.78 is 5.87. The number of hydrogen-bond donors (Lipinski definition) is 0. The molecule has 0 radical (unpaired) electrons. The molecule has 3 nitrogen and oxygen atoms in total. The second kappa shape index (κ2) is 8.46. The van der Waals surface area contributed by atoms with E-state index in [0.29, 0.717) is 29.7 Å². The number of ether oxygens (including phenoxy) is 1. The van der Waals surface area contributed by atoms with Gasteiger partial charge in [0, 0.05) is 5.56 Å². The first kappa shape index (κ1) is 18.7. The van der Waals surface area contributed by atoms with E-state index in [-0.39, 0.29) is 17.9 Å². The van der Waals surface area contributed by atoms with E-state index in [2.05, 4.69) is 20.8 Å². The quantitative estimate of drug-likeness (QED) is 0.423. The average Bonchev–Trinajstić information content (AvgIpc) is 2.56. The van der Waals surface area contributed by atoms with Crippen LogP contribution >= 0.6 is 0 Å². The highest BCUT2D eigenvalue weighted by Crippen LogP contribution is 2.36. The Morgan fingerprint density at radius 3 is 2.42 bits per heavy atom. The van der Waals surface area contributed by atoms with Gasteiger partial charge in [-0.15, -0.1) is 0 Å². The van der Waals surface area contributed by atoms with Crippen molar-refractivity contribution in [2.24, 2.45) is 23.7 Å². The van der Waals surface area contributed by atoms with Crippen LogP contribution in [0.1, 0.15) is 63.7 Å². The van der Waals surface area contributed by atoms with Crippen molar-refractivity contribution in [3.8, 4) is 0 Å². The van der Waals surface area contributed by atoms with Crippen LogP contribution in [0.5, 0.6) is 0 Å². The molecule has 132 valence electrons. The highest BCUT2D eigenvalue weighted by molar-refractivity contribution is 6.08. The fourth-order valence-corrected chi connectivity index (χ4v) is 3.74. The van der Waals surface area contributed by atoms with Gasteiger partial charge in [0.25, 0.3) is 0 Å². The Morgan fingerprint density at radius 2 is 1.83 bits per heavy atom. The van der Waals surface area contributed by atoms with Gasteiger partial charge in [0.05, 0.1) is 0 Å². The zero-order valence-corrected chi connectivity index (χ0v) is 15.3. The van der Waals surface area contributed by atoms with Crippen molar-refractivity contribution >= 4 is 11.8 Å². The molecule has 0 aliphatic heterocycles. The monoisotopic (exact) mass is 330 g/mol. The molecule has 0 N–H and O–H groups in total. The predicted molar refractivity (Wildman–Crippen MR) is 95.8 cm³/mol. The molecule has 0 amide bonds. The molecule has 2 rings (SSSR count). The van der Waals surface area contributed by atoms with Crippen LogP contribution < -0.4 is 0 Å². The fourth-order valence-electron chi connectivity index (χ4n) is 3.74. The lowest BCUT2D eigenvalue weighted by Gasteiger charge is -2.37. The Labute approximate surface area is 145 Å². The molecule has 1 fully saturated rings. The van der Waals surface area contributed by atoms with E-state index < -0.39 is 5.92 Å². The first-order valence-corrected chi connectivity index (χ1v) is 9.23. The number of carbonyl (C=O) groups is 2. The van der Waals surface area contributed by atoms with Crippen molar-refractivity contribution in [3.63, 3.8) is 0 Å². The molecule has 1 aliphatic carbocycles. The summed E-state index contributed by atoms with van der Waals surface area (Å²) in [6.07, 6.45) is 3.61. The highest BCUT2D eigenvalue weighted by Gasteiger charge is 2.36. The maximum Gasteiger partial charge on any atom is 0.317 e. The van der Waals surface area contributed by atoms with Gasteiger partial charge in [-0.3, -0.25) is 9.59 Å². The van der Waals surface area contributed by atoms with Crippen molar-refractivity contribution in [2.45, 2.75) is 59.5 Å². The molecule has 0 aromatic heterocycles. The summed E-state index contributed by atoms with van der Waals surface area (Å²) in [6, 6.07) is 9.04. The number of esters is 1. The average molecular weight is 330 g/mol. The second-order valence-corrected chi connectivity index (χ2v) is 7.49. The Balaban J connectivity index is 2.09. The van der Waals surface area contributed by atoms with Crippen LogP contribution in [-0.2, 0) is 9.53 Å². The first-order valence-electron chi connectivity index (χ1n) is 9.23. The van der Waals surface area contributed by atoms with E-state index in [1.54, 1.807) is 12.1 Å². The van der Waals surface area contributed by atoms with Crippen LogP contribution in [0.3, 0.4) is 0 Å². The van der Waals surface area contributed by atoms with Crippen molar-refractivity contribution in [1.82, 2.24) is 0 Å². The van der Waals surface area contributed by atoms with E-state index in [1.165, 1.54) is 6.42 Å². The van der Waals surface area contributed by atoms with E-state index in [1.807, 2.05) is 25.1 Å². The number of ketones is 1. The smallest absolute Gasteiger partial charge is 0.317 e. The first-order chi connectivity index (χ1) is 11.4. The molecule has 1 aromatic rings. The van der Waals surface area contributed by atoms with Gasteiger partial charge < -0.3 is 4.74 Å². The predicted octanol–water partition coefficient (Wildman–Crippen LogP) is 4.90. The van der Waals surface area contributed by atoms with E-state index >= 15 is 0 Å².